The van der Waals surface area contributed by atoms with Crippen LogP contribution in [-0.2, 0) is 14.8 Å². The first-order valence-corrected chi connectivity index (χ1v) is 10.2. The lowest BCUT2D eigenvalue weighted by atomic mass is 10.2. The van der Waals surface area contributed by atoms with Gasteiger partial charge in [-0.1, -0.05) is 36.8 Å². The van der Waals surface area contributed by atoms with Gasteiger partial charge in [-0.25, -0.2) is 17.2 Å². The van der Waals surface area contributed by atoms with Crippen LogP contribution in [0.25, 0.3) is 10.9 Å². The quantitative estimate of drug-likeness (QED) is 0.518. The normalized spacial score (nSPS) is 11.2. The third kappa shape index (κ3) is 5.47. The molecular weight excluding hydrogens is 374 g/mol. The Balaban J connectivity index is 0.000000597. The fourth-order valence-electron chi connectivity index (χ4n) is 2.27. The summed E-state index contributed by atoms with van der Waals surface area (Å²) >= 11 is 5.91. The van der Waals surface area contributed by atoms with E-state index in [9.17, 15) is 13.2 Å². The highest BCUT2D eigenvalue weighted by atomic mass is 35.5. The molecule has 0 amide bonds. The summed E-state index contributed by atoms with van der Waals surface area (Å²) in [6.07, 6.45) is 6.61. The lowest BCUT2D eigenvalue weighted by molar-refractivity contribution is 0.0518. The largest absolute Gasteiger partial charge is 0.461 e. The molecule has 0 radical (unpaired) electrons. The Morgan fingerprint density at radius 1 is 1.31 bits per heavy atom. The van der Waals surface area contributed by atoms with Gasteiger partial charge in [0.25, 0.3) is 0 Å². The lowest BCUT2D eigenvalue weighted by Crippen LogP contribution is -2.21. The number of fused-ring (bicyclic) bond motifs is 1. The highest BCUT2D eigenvalue weighted by Crippen LogP contribution is 2.26. The van der Waals surface area contributed by atoms with Crippen molar-refractivity contribution < 1.29 is 17.9 Å². The van der Waals surface area contributed by atoms with Gasteiger partial charge in [0.1, 0.15) is 5.69 Å². The van der Waals surface area contributed by atoms with Gasteiger partial charge in [-0.2, -0.15) is 0 Å². The number of aromatic nitrogens is 1. The summed E-state index contributed by atoms with van der Waals surface area (Å²) in [6, 6.07) is 6.18. The number of benzene rings is 1. The summed E-state index contributed by atoms with van der Waals surface area (Å²) in [5.74, 6) is -0.983. The fraction of sp³-hybridized carbons (Fsp3) is 0.316. The maximum absolute atomic E-state index is 12.4. The molecule has 26 heavy (non-hydrogen) atoms. The molecule has 0 aliphatic carbocycles. The maximum atomic E-state index is 12.4. The zero-order chi connectivity index (χ0) is 19.7. The lowest BCUT2D eigenvalue weighted by Gasteiger charge is -2.09. The summed E-state index contributed by atoms with van der Waals surface area (Å²) in [6.45, 7) is 9.40. The highest BCUT2D eigenvalue weighted by molar-refractivity contribution is 7.90. The first kappa shape index (κ1) is 22.0. The first-order valence-electron chi connectivity index (χ1n) is 8.25. The summed E-state index contributed by atoms with van der Waals surface area (Å²) in [4.78, 5) is 12.0. The number of esters is 1. The summed E-state index contributed by atoms with van der Waals surface area (Å²) in [5, 5.41) is 1.01. The van der Waals surface area contributed by atoms with Gasteiger partial charge in [-0.3, -0.25) is 0 Å². The topological polar surface area (TPSA) is 65.4 Å². The minimum atomic E-state index is -3.75. The average Bonchev–Trinajstić information content (AvgIpc) is 2.96. The highest BCUT2D eigenvalue weighted by Gasteiger charge is 2.24. The number of ether oxygens (including phenoxy) is 1. The maximum Gasteiger partial charge on any atom is 0.356 e. The molecule has 5 nitrogen and oxygen atoms in total. The van der Waals surface area contributed by atoms with Crippen LogP contribution in [0.3, 0.4) is 0 Å². The Morgan fingerprint density at radius 3 is 2.50 bits per heavy atom. The van der Waals surface area contributed by atoms with E-state index in [-0.39, 0.29) is 18.1 Å². The Kier molecular flexibility index (Phi) is 8.61. The first-order chi connectivity index (χ1) is 12.3. The molecule has 0 aliphatic heterocycles. The molecular formula is C19H24ClNO4S. The van der Waals surface area contributed by atoms with Crippen LogP contribution in [-0.4, -0.2) is 30.7 Å². The van der Waals surface area contributed by atoms with Crippen LogP contribution in [0.4, 0.5) is 0 Å². The van der Waals surface area contributed by atoms with Gasteiger partial charge in [0, 0.05) is 10.4 Å². The second-order valence-corrected chi connectivity index (χ2v) is 7.56. The van der Waals surface area contributed by atoms with E-state index in [0.717, 1.165) is 10.4 Å². The van der Waals surface area contributed by atoms with Crippen LogP contribution in [0.1, 0.15) is 37.7 Å². The third-order valence-electron chi connectivity index (χ3n) is 3.28. The second-order valence-electron chi connectivity index (χ2n) is 5.26. The summed E-state index contributed by atoms with van der Waals surface area (Å²) < 4.78 is 30.6. The molecule has 2 aromatic rings. The summed E-state index contributed by atoms with van der Waals surface area (Å²) in [5.41, 5.74) is 0.334. The number of halogens is 1. The van der Waals surface area contributed by atoms with Gasteiger partial charge in [0.2, 0.25) is 10.0 Å². The Labute approximate surface area is 160 Å². The molecule has 142 valence electrons. The van der Waals surface area contributed by atoms with Gasteiger partial charge >= 0.3 is 5.97 Å². The number of nitrogens with zero attached hydrogens (tertiary/aromatic N) is 1. The zero-order valence-electron chi connectivity index (χ0n) is 15.2. The van der Waals surface area contributed by atoms with E-state index in [4.69, 9.17) is 16.3 Å². The average molecular weight is 398 g/mol. The van der Waals surface area contributed by atoms with Crippen molar-refractivity contribution in [3.63, 3.8) is 0 Å². The molecule has 1 aromatic heterocycles. The van der Waals surface area contributed by atoms with Crippen LogP contribution in [0.2, 0.25) is 5.02 Å². The Hall–Kier alpha value is -2.05. The van der Waals surface area contributed by atoms with E-state index in [0.29, 0.717) is 15.9 Å². The van der Waals surface area contributed by atoms with Crippen molar-refractivity contribution in [3.05, 3.63) is 59.8 Å². The molecule has 1 heterocycles. The van der Waals surface area contributed by atoms with Crippen LogP contribution < -0.4 is 0 Å². The molecule has 0 unspecified atom stereocenters. The molecule has 2 rings (SSSR count). The number of hydrogen-bond acceptors (Lipinski definition) is 4. The number of carbonyl (C=O) groups is 1. The minimum Gasteiger partial charge on any atom is -0.461 e. The van der Waals surface area contributed by atoms with E-state index in [1.807, 2.05) is 6.92 Å². The van der Waals surface area contributed by atoms with Gasteiger partial charge in [0.15, 0.2) is 0 Å². The number of carbonyl (C=O) groups excluding carboxylic acids is 1. The minimum absolute atomic E-state index is 0.0454. The van der Waals surface area contributed by atoms with Gasteiger partial charge in [0.05, 0.1) is 17.9 Å². The zero-order valence-corrected chi connectivity index (χ0v) is 16.8. The Bertz CT molecular complexity index is 898. The monoisotopic (exact) mass is 397 g/mol. The Morgan fingerprint density at radius 2 is 2.00 bits per heavy atom. The molecule has 0 aliphatic rings. The smallest absolute Gasteiger partial charge is 0.356 e. The molecule has 0 fully saturated rings. The van der Waals surface area contributed by atoms with E-state index >= 15 is 0 Å². The predicted octanol–water partition coefficient (Wildman–Crippen LogP) is 4.81. The van der Waals surface area contributed by atoms with Crippen molar-refractivity contribution in [3.8, 4) is 0 Å². The van der Waals surface area contributed by atoms with E-state index < -0.39 is 16.0 Å². The van der Waals surface area contributed by atoms with Crippen molar-refractivity contribution in [1.82, 2.24) is 3.97 Å². The van der Waals surface area contributed by atoms with E-state index in [1.54, 1.807) is 25.1 Å². The van der Waals surface area contributed by atoms with Crippen molar-refractivity contribution in [2.45, 2.75) is 27.2 Å². The third-order valence-corrected chi connectivity index (χ3v) is 5.12. The van der Waals surface area contributed by atoms with Crippen molar-refractivity contribution in [1.29, 1.82) is 0 Å². The molecule has 0 spiro atoms. The van der Waals surface area contributed by atoms with Crippen LogP contribution in [0, 0.1) is 0 Å². The van der Waals surface area contributed by atoms with Crippen LogP contribution in [0.15, 0.2) is 49.1 Å². The van der Waals surface area contributed by atoms with E-state index in [2.05, 4.69) is 25.7 Å². The molecule has 0 saturated heterocycles. The SMILES string of the molecule is C/C=C\CC.C=CCS(=O)(=O)n1c(C(=O)OCC)cc2cc(Cl)ccc21. The second kappa shape index (κ2) is 10.2. The molecule has 0 saturated carbocycles. The molecule has 0 bridgehead atoms. The molecule has 0 atom stereocenters. The van der Waals surface area contributed by atoms with Crippen molar-refractivity contribution >= 4 is 38.5 Å². The van der Waals surface area contributed by atoms with Crippen LogP contribution >= 0.6 is 11.6 Å². The van der Waals surface area contributed by atoms with Crippen molar-refractivity contribution in [2.75, 3.05) is 12.4 Å². The number of rotatable bonds is 6. The van der Waals surface area contributed by atoms with E-state index in [1.165, 1.54) is 12.1 Å². The number of hydrogen-bond donors (Lipinski definition) is 0. The molecule has 7 heteroatoms. The van der Waals surface area contributed by atoms with Gasteiger partial charge in [-0.15, -0.1) is 6.58 Å². The van der Waals surface area contributed by atoms with Crippen molar-refractivity contribution in [2.24, 2.45) is 0 Å². The standard InChI is InChI=1S/C14H14ClNO4S.C5H10/c1-3-7-21(18,19)16-12-6-5-11(15)8-10(12)9-13(16)14(17)20-4-2;1-3-5-4-2/h3,5-6,8-9H,1,4,7H2,2H3;3,5H,4H2,1-2H3/b;5-3-. The van der Waals surface area contributed by atoms with Gasteiger partial charge < -0.3 is 4.74 Å². The number of allylic oxidation sites excluding steroid dienone is 2. The summed E-state index contributed by atoms with van der Waals surface area (Å²) in [7, 11) is -3.75. The van der Waals surface area contributed by atoms with Crippen LogP contribution in [0.5, 0.6) is 0 Å². The van der Waals surface area contributed by atoms with Gasteiger partial charge in [-0.05, 0) is 44.5 Å². The predicted molar refractivity (Wildman–Crippen MR) is 107 cm³/mol. The molecule has 1 aromatic carbocycles. The molecule has 0 N–H and O–H groups in total. The fourth-order valence-corrected chi connectivity index (χ4v) is 3.79.